The fourth-order valence-corrected chi connectivity index (χ4v) is 0.986. The smallest absolute Gasteiger partial charge is 0.0582 e. The van der Waals surface area contributed by atoms with Gasteiger partial charge in [-0.25, -0.2) is 0 Å². The molecule has 0 unspecified atom stereocenters. The van der Waals surface area contributed by atoms with E-state index in [0.717, 1.165) is 12.8 Å². The lowest BCUT2D eigenvalue weighted by Gasteiger charge is -2.18. The molecule has 2 heteroatoms. The van der Waals surface area contributed by atoms with Crippen molar-refractivity contribution in [1.82, 2.24) is 0 Å². The number of nitrogens with two attached hydrogens (primary N) is 1. The second-order valence-corrected chi connectivity index (χ2v) is 4.40. The first kappa shape index (κ1) is 10.9. The predicted octanol–water partition coefficient (Wildman–Crippen LogP) is 1.52. The van der Waals surface area contributed by atoms with Gasteiger partial charge in [-0.15, -0.1) is 0 Å². The third kappa shape index (κ3) is 7.82. The maximum Gasteiger partial charge on any atom is 0.0582 e. The molecule has 2 nitrogen and oxygen atoms in total. The molecular weight excluding hydrogens is 138 g/mol. The predicted molar refractivity (Wildman–Crippen MR) is 48.4 cm³/mol. The lowest BCUT2D eigenvalue weighted by atomic mass is 9.89. The quantitative estimate of drug-likeness (QED) is 0.653. The van der Waals surface area contributed by atoms with Crippen molar-refractivity contribution in [3.63, 3.8) is 0 Å². The van der Waals surface area contributed by atoms with E-state index < -0.39 is 0 Å². The summed E-state index contributed by atoms with van der Waals surface area (Å²) in [7, 11) is 0. The molecule has 0 amide bonds. The van der Waals surface area contributed by atoms with Crippen molar-refractivity contribution in [2.75, 3.05) is 6.61 Å². The molecule has 3 N–H and O–H groups in total. The molecule has 68 valence electrons. The van der Waals surface area contributed by atoms with Crippen molar-refractivity contribution in [2.24, 2.45) is 11.1 Å². The lowest BCUT2D eigenvalue weighted by Crippen LogP contribution is -2.24. The maximum absolute atomic E-state index is 8.64. The third-order valence-electron chi connectivity index (χ3n) is 1.74. The number of aliphatic hydroxyl groups is 1. The molecule has 0 aromatic carbocycles. The minimum absolute atomic E-state index is 0.0163. The summed E-state index contributed by atoms with van der Waals surface area (Å²) in [5, 5.41) is 8.64. The Bertz CT molecular complexity index is 96.2. The average molecular weight is 159 g/mol. The largest absolute Gasteiger partial charge is 0.395 e. The molecule has 1 atom stereocenters. The van der Waals surface area contributed by atoms with Crippen LogP contribution in [-0.4, -0.2) is 17.8 Å². The van der Waals surface area contributed by atoms with Crippen molar-refractivity contribution in [3.8, 4) is 0 Å². The van der Waals surface area contributed by atoms with Crippen LogP contribution in [0.1, 0.15) is 40.0 Å². The molecule has 0 radical (unpaired) electrons. The fourth-order valence-electron chi connectivity index (χ4n) is 0.986. The van der Waals surface area contributed by atoms with Gasteiger partial charge in [0.15, 0.2) is 0 Å². The van der Waals surface area contributed by atoms with E-state index >= 15 is 0 Å². The molecule has 0 saturated carbocycles. The summed E-state index contributed by atoms with van der Waals surface area (Å²) in [6, 6.07) is -0.0163. The summed E-state index contributed by atoms with van der Waals surface area (Å²) in [5.41, 5.74) is 5.95. The highest BCUT2D eigenvalue weighted by molar-refractivity contribution is 4.65. The fraction of sp³-hybridized carbons (Fsp3) is 1.00. The molecule has 0 heterocycles. The van der Waals surface area contributed by atoms with Gasteiger partial charge in [0.1, 0.15) is 0 Å². The normalized spacial score (nSPS) is 15.0. The van der Waals surface area contributed by atoms with Crippen molar-refractivity contribution in [2.45, 2.75) is 46.1 Å². The summed E-state index contributed by atoms with van der Waals surface area (Å²) >= 11 is 0. The average Bonchev–Trinajstić information content (AvgIpc) is 1.85. The zero-order chi connectivity index (χ0) is 8.91. The van der Waals surface area contributed by atoms with E-state index in [1.54, 1.807) is 0 Å². The molecule has 0 aliphatic rings. The Morgan fingerprint density at radius 1 is 1.36 bits per heavy atom. The highest BCUT2D eigenvalue weighted by Crippen LogP contribution is 2.21. The van der Waals surface area contributed by atoms with Crippen LogP contribution < -0.4 is 5.73 Å². The van der Waals surface area contributed by atoms with Gasteiger partial charge < -0.3 is 10.8 Å². The molecule has 0 bridgehead atoms. The summed E-state index contributed by atoms with van der Waals surface area (Å²) in [6.45, 7) is 6.77. The number of aliphatic hydroxyl groups excluding tert-OH is 1. The monoisotopic (exact) mass is 159 g/mol. The van der Waals surface area contributed by atoms with Crippen LogP contribution in [-0.2, 0) is 0 Å². The van der Waals surface area contributed by atoms with E-state index in [-0.39, 0.29) is 12.6 Å². The molecule has 0 aliphatic heterocycles. The van der Waals surface area contributed by atoms with Crippen LogP contribution in [0.5, 0.6) is 0 Å². The van der Waals surface area contributed by atoms with Crippen LogP contribution in [0.4, 0.5) is 0 Å². The molecule has 0 aromatic rings. The van der Waals surface area contributed by atoms with Crippen molar-refractivity contribution >= 4 is 0 Å². The SMILES string of the molecule is CC(C)(C)CCC[C@@H](N)CO. The Morgan fingerprint density at radius 3 is 2.27 bits per heavy atom. The topological polar surface area (TPSA) is 46.2 Å². The Hall–Kier alpha value is -0.0800. The zero-order valence-electron chi connectivity index (χ0n) is 7.93. The molecule has 0 rings (SSSR count). The second kappa shape index (κ2) is 4.73. The number of hydrogen-bond acceptors (Lipinski definition) is 2. The standard InChI is InChI=1S/C9H21NO/c1-9(2,3)6-4-5-8(10)7-11/h8,11H,4-7,10H2,1-3H3/t8-/m1/s1. The molecule has 0 aliphatic carbocycles. The first-order valence-electron chi connectivity index (χ1n) is 4.32. The van der Waals surface area contributed by atoms with Gasteiger partial charge in [-0.2, -0.15) is 0 Å². The van der Waals surface area contributed by atoms with Crippen LogP contribution in [0, 0.1) is 5.41 Å². The number of hydrogen-bond donors (Lipinski definition) is 2. The molecule has 11 heavy (non-hydrogen) atoms. The Balaban J connectivity index is 3.28. The summed E-state index contributed by atoms with van der Waals surface area (Å²) in [4.78, 5) is 0. The van der Waals surface area contributed by atoms with Crippen LogP contribution in [0.2, 0.25) is 0 Å². The highest BCUT2D eigenvalue weighted by atomic mass is 16.3. The van der Waals surface area contributed by atoms with Crippen LogP contribution in [0.15, 0.2) is 0 Å². The van der Waals surface area contributed by atoms with Gasteiger partial charge in [0.25, 0.3) is 0 Å². The second-order valence-electron chi connectivity index (χ2n) is 4.40. The Kier molecular flexibility index (Phi) is 4.69. The zero-order valence-corrected chi connectivity index (χ0v) is 7.93. The van der Waals surface area contributed by atoms with Gasteiger partial charge in [0.05, 0.1) is 6.61 Å². The molecule has 0 fully saturated rings. The van der Waals surface area contributed by atoms with Gasteiger partial charge in [-0.3, -0.25) is 0 Å². The van der Waals surface area contributed by atoms with Crippen LogP contribution >= 0.6 is 0 Å². The lowest BCUT2D eigenvalue weighted by molar-refractivity contribution is 0.251. The van der Waals surface area contributed by atoms with E-state index in [0.29, 0.717) is 5.41 Å². The minimum atomic E-state index is -0.0163. The molecule has 0 saturated heterocycles. The first-order valence-corrected chi connectivity index (χ1v) is 4.32. The summed E-state index contributed by atoms with van der Waals surface area (Å²) in [5.74, 6) is 0. The maximum atomic E-state index is 8.64. The van der Waals surface area contributed by atoms with Gasteiger partial charge >= 0.3 is 0 Å². The van der Waals surface area contributed by atoms with E-state index in [9.17, 15) is 0 Å². The van der Waals surface area contributed by atoms with Crippen molar-refractivity contribution in [3.05, 3.63) is 0 Å². The third-order valence-corrected chi connectivity index (χ3v) is 1.74. The Labute approximate surface area is 69.8 Å². The van der Waals surface area contributed by atoms with Gasteiger partial charge in [-0.05, 0) is 18.3 Å². The summed E-state index contributed by atoms with van der Waals surface area (Å²) in [6.07, 6.45) is 3.24. The van der Waals surface area contributed by atoms with Gasteiger partial charge in [0.2, 0.25) is 0 Å². The van der Waals surface area contributed by atoms with Crippen molar-refractivity contribution < 1.29 is 5.11 Å². The first-order chi connectivity index (χ1) is 4.95. The van der Waals surface area contributed by atoms with E-state index in [1.807, 2.05) is 0 Å². The van der Waals surface area contributed by atoms with Gasteiger partial charge in [0, 0.05) is 6.04 Å². The van der Waals surface area contributed by atoms with Crippen molar-refractivity contribution in [1.29, 1.82) is 0 Å². The van der Waals surface area contributed by atoms with Gasteiger partial charge in [-0.1, -0.05) is 27.2 Å². The van der Waals surface area contributed by atoms with Crippen LogP contribution in [0.25, 0.3) is 0 Å². The minimum Gasteiger partial charge on any atom is -0.395 e. The molecular formula is C9H21NO. The Morgan fingerprint density at radius 2 is 1.91 bits per heavy atom. The van der Waals surface area contributed by atoms with E-state index in [1.165, 1.54) is 6.42 Å². The van der Waals surface area contributed by atoms with Crippen LogP contribution in [0.3, 0.4) is 0 Å². The summed E-state index contributed by atoms with van der Waals surface area (Å²) < 4.78 is 0. The highest BCUT2D eigenvalue weighted by Gasteiger charge is 2.10. The molecule has 0 spiro atoms. The van der Waals surface area contributed by atoms with E-state index in [4.69, 9.17) is 10.8 Å². The number of rotatable bonds is 4. The van der Waals surface area contributed by atoms with E-state index in [2.05, 4.69) is 20.8 Å². The molecule has 0 aromatic heterocycles.